The van der Waals surface area contributed by atoms with Crippen LogP contribution in [0.5, 0.6) is 0 Å². The summed E-state index contributed by atoms with van der Waals surface area (Å²) in [4.78, 5) is 2.26. The number of rotatable bonds is 3. The topological polar surface area (TPSA) is 35.5 Å². The van der Waals surface area contributed by atoms with E-state index < -0.39 is 0 Å². The van der Waals surface area contributed by atoms with Crippen LogP contribution in [0.25, 0.3) is 0 Å². The molecule has 0 aromatic heterocycles. The Balaban J connectivity index is 2.17. The standard InChI is InChI=1S/C8H18N2O/c1-3-10(2)6-7-4-8(11)5-9-7/h7-9,11H,3-6H2,1-2H3. The monoisotopic (exact) mass is 158 g/mol. The van der Waals surface area contributed by atoms with Crippen LogP contribution in [0.1, 0.15) is 13.3 Å². The van der Waals surface area contributed by atoms with E-state index in [9.17, 15) is 5.11 Å². The SMILES string of the molecule is CCN(C)CC1CC(O)CN1. The Bertz CT molecular complexity index is 119. The van der Waals surface area contributed by atoms with Gasteiger partial charge in [-0.15, -0.1) is 0 Å². The van der Waals surface area contributed by atoms with Gasteiger partial charge in [0, 0.05) is 19.1 Å². The minimum Gasteiger partial charge on any atom is -0.392 e. The van der Waals surface area contributed by atoms with Crippen LogP contribution in [0.4, 0.5) is 0 Å². The largest absolute Gasteiger partial charge is 0.392 e. The van der Waals surface area contributed by atoms with Gasteiger partial charge in [0.25, 0.3) is 0 Å². The Morgan fingerprint density at radius 2 is 2.36 bits per heavy atom. The van der Waals surface area contributed by atoms with Crippen LogP contribution in [-0.2, 0) is 0 Å². The summed E-state index contributed by atoms with van der Waals surface area (Å²) in [6.07, 6.45) is 0.787. The van der Waals surface area contributed by atoms with Crippen molar-refractivity contribution in [2.45, 2.75) is 25.5 Å². The average Bonchev–Trinajstić information content (AvgIpc) is 2.35. The summed E-state index contributed by atoms with van der Waals surface area (Å²) in [7, 11) is 2.10. The Morgan fingerprint density at radius 3 is 2.82 bits per heavy atom. The molecule has 3 heteroatoms. The van der Waals surface area contributed by atoms with Crippen molar-refractivity contribution in [2.75, 3.05) is 26.7 Å². The fourth-order valence-electron chi connectivity index (χ4n) is 1.44. The van der Waals surface area contributed by atoms with Gasteiger partial charge in [-0.05, 0) is 20.0 Å². The van der Waals surface area contributed by atoms with Crippen molar-refractivity contribution in [1.82, 2.24) is 10.2 Å². The zero-order valence-electron chi connectivity index (χ0n) is 7.38. The fourth-order valence-corrected chi connectivity index (χ4v) is 1.44. The maximum Gasteiger partial charge on any atom is 0.0680 e. The fraction of sp³-hybridized carbons (Fsp3) is 1.00. The number of β-amino-alcohol motifs (C(OH)–C–C–N with tert-alkyl or cyclic N) is 1. The van der Waals surface area contributed by atoms with E-state index in [1.165, 1.54) is 0 Å². The molecule has 1 heterocycles. The molecule has 1 saturated heterocycles. The highest BCUT2D eigenvalue weighted by atomic mass is 16.3. The molecule has 0 radical (unpaired) electrons. The van der Waals surface area contributed by atoms with Gasteiger partial charge in [-0.3, -0.25) is 0 Å². The smallest absolute Gasteiger partial charge is 0.0680 e. The molecule has 1 fully saturated rings. The lowest BCUT2D eigenvalue weighted by molar-refractivity contribution is 0.190. The van der Waals surface area contributed by atoms with Crippen LogP contribution < -0.4 is 5.32 Å². The Morgan fingerprint density at radius 1 is 1.64 bits per heavy atom. The average molecular weight is 158 g/mol. The number of nitrogens with one attached hydrogen (secondary N) is 1. The van der Waals surface area contributed by atoms with Crippen molar-refractivity contribution in [3.05, 3.63) is 0 Å². The van der Waals surface area contributed by atoms with Crippen LogP contribution in [0.3, 0.4) is 0 Å². The second kappa shape index (κ2) is 4.04. The van der Waals surface area contributed by atoms with Gasteiger partial charge in [-0.1, -0.05) is 6.92 Å². The van der Waals surface area contributed by atoms with Crippen molar-refractivity contribution >= 4 is 0 Å². The van der Waals surface area contributed by atoms with E-state index in [2.05, 4.69) is 24.2 Å². The highest BCUT2D eigenvalue weighted by Gasteiger charge is 2.22. The summed E-state index contributed by atoms with van der Waals surface area (Å²) in [5.74, 6) is 0. The number of hydrogen-bond donors (Lipinski definition) is 2. The molecule has 66 valence electrons. The zero-order valence-corrected chi connectivity index (χ0v) is 7.38. The van der Waals surface area contributed by atoms with E-state index >= 15 is 0 Å². The number of hydrogen-bond acceptors (Lipinski definition) is 3. The molecule has 0 amide bonds. The molecule has 0 aromatic carbocycles. The van der Waals surface area contributed by atoms with E-state index in [4.69, 9.17) is 0 Å². The van der Waals surface area contributed by atoms with E-state index in [1.54, 1.807) is 0 Å². The van der Waals surface area contributed by atoms with E-state index in [0.717, 1.165) is 26.1 Å². The van der Waals surface area contributed by atoms with Crippen LogP contribution in [0.2, 0.25) is 0 Å². The van der Waals surface area contributed by atoms with Crippen molar-refractivity contribution in [3.63, 3.8) is 0 Å². The highest BCUT2D eigenvalue weighted by molar-refractivity contribution is 4.82. The molecule has 2 N–H and O–H groups in total. The quantitative estimate of drug-likeness (QED) is 0.590. The van der Waals surface area contributed by atoms with Gasteiger partial charge in [-0.25, -0.2) is 0 Å². The highest BCUT2D eigenvalue weighted by Crippen LogP contribution is 2.06. The summed E-state index contributed by atoms with van der Waals surface area (Å²) >= 11 is 0. The van der Waals surface area contributed by atoms with Gasteiger partial charge in [0.05, 0.1) is 6.10 Å². The van der Waals surface area contributed by atoms with Gasteiger partial charge in [0.2, 0.25) is 0 Å². The molecule has 0 aromatic rings. The van der Waals surface area contributed by atoms with Crippen molar-refractivity contribution in [2.24, 2.45) is 0 Å². The molecule has 1 aliphatic heterocycles. The molecule has 1 rings (SSSR count). The summed E-state index contributed by atoms with van der Waals surface area (Å²) in [5, 5.41) is 12.5. The van der Waals surface area contributed by atoms with Crippen molar-refractivity contribution < 1.29 is 5.11 Å². The van der Waals surface area contributed by atoms with Gasteiger partial charge < -0.3 is 15.3 Å². The minimum atomic E-state index is -0.120. The third-order valence-corrected chi connectivity index (χ3v) is 2.27. The molecule has 0 spiro atoms. The minimum absolute atomic E-state index is 0.120. The van der Waals surface area contributed by atoms with Gasteiger partial charge >= 0.3 is 0 Å². The zero-order chi connectivity index (χ0) is 8.27. The van der Waals surface area contributed by atoms with E-state index in [0.29, 0.717) is 6.04 Å². The Kier molecular flexibility index (Phi) is 3.30. The molecular weight excluding hydrogens is 140 g/mol. The third-order valence-electron chi connectivity index (χ3n) is 2.27. The molecule has 11 heavy (non-hydrogen) atoms. The normalized spacial score (nSPS) is 31.6. The maximum atomic E-state index is 9.20. The Hall–Kier alpha value is -0.120. The van der Waals surface area contributed by atoms with Crippen LogP contribution in [0, 0.1) is 0 Å². The van der Waals surface area contributed by atoms with Crippen LogP contribution in [0.15, 0.2) is 0 Å². The number of aliphatic hydroxyl groups excluding tert-OH is 1. The predicted molar refractivity (Wildman–Crippen MR) is 45.6 cm³/mol. The molecule has 0 aliphatic carbocycles. The molecule has 0 bridgehead atoms. The second-order valence-corrected chi connectivity index (χ2v) is 3.35. The van der Waals surface area contributed by atoms with Crippen LogP contribution >= 0.6 is 0 Å². The first-order valence-corrected chi connectivity index (χ1v) is 4.32. The summed E-state index contributed by atoms with van der Waals surface area (Å²) in [6.45, 7) is 5.04. The Labute approximate surface area is 68.4 Å². The second-order valence-electron chi connectivity index (χ2n) is 3.35. The van der Waals surface area contributed by atoms with Gasteiger partial charge in [0.15, 0.2) is 0 Å². The van der Waals surface area contributed by atoms with E-state index in [1.807, 2.05) is 0 Å². The lowest BCUT2D eigenvalue weighted by Crippen LogP contribution is -2.35. The van der Waals surface area contributed by atoms with Gasteiger partial charge in [0.1, 0.15) is 0 Å². The molecule has 2 atom stereocenters. The number of nitrogens with zero attached hydrogens (tertiary/aromatic N) is 1. The first-order valence-electron chi connectivity index (χ1n) is 4.32. The molecular formula is C8H18N2O. The van der Waals surface area contributed by atoms with Crippen molar-refractivity contribution in [1.29, 1.82) is 0 Å². The number of aliphatic hydroxyl groups is 1. The predicted octanol–water partition coefficient (Wildman–Crippen LogP) is -0.339. The summed E-state index contributed by atoms with van der Waals surface area (Å²) < 4.78 is 0. The lowest BCUT2D eigenvalue weighted by atomic mass is 10.2. The molecule has 3 nitrogen and oxygen atoms in total. The van der Waals surface area contributed by atoms with Crippen LogP contribution in [-0.4, -0.2) is 48.8 Å². The molecule has 1 aliphatic rings. The summed E-state index contributed by atoms with van der Waals surface area (Å²) in [6, 6.07) is 0.495. The maximum absolute atomic E-state index is 9.20. The third kappa shape index (κ3) is 2.77. The molecule has 2 unspecified atom stereocenters. The van der Waals surface area contributed by atoms with Crippen molar-refractivity contribution in [3.8, 4) is 0 Å². The van der Waals surface area contributed by atoms with Gasteiger partial charge in [-0.2, -0.15) is 0 Å². The first-order chi connectivity index (χ1) is 5.22. The molecule has 0 saturated carbocycles. The number of likely N-dealkylation sites (N-methyl/N-ethyl adjacent to an activating group) is 1. The lowest BCUT2D eigenvalue weighted by Gasteiger charge is -2.18. The summed E-state index contributed by atoms with van der Waals surface area (Å²) in [5.41, 5.74) is 0. The van der Waals surface area contributed by atoms with E-state index in [-0.39, 0.29) is 6.10 Å². The first kappa shape index (κ1) is 8.97.